The van der Waals surface area contributed by atoms with Gasteiger partial charge in [0.25, 0.3) is 0 Å². The molecule has 0 atom stereocenters. The van der Waals surface area contributed by atoms with E-state index in [2.05, 4.69) is 19.4 Å². The Hall–Kier alpha value is -2.15. The van der Waals surface area contributed by atoms with Gasteiger partial charge in [-0.25, -0.2) is 4.98 Å². The topological polar surface area (TPSA) is 70.3 Å². The summed E-state index contributed by atoms with van der Waals surface area (Å²) in [6.45, 7) is 0. The van der Waals surface area contributed by atoms with E-state index in [-0.39, 0.29) is 22.3 Å². The van der Waals surface area contributed by atoms with Crippen molar-refractivity contribution < 1.29 is 18.3 Å². The van der Waals surface area contributed by atoms with Crippen LogP contribution in [0.3, 0.4) is 0 Å². The van der Waals surface area contributed by atoms with Crippen LogP contribution in [0.15, 0.2) is 24.5 Å². The molecular weight excluding hydrogens is 280 g/mol. The van der Waals surface area contributed by atoms with Gasteiger partial charge in [0.05, 0.1) is 23.1 Å². The van der Waals surface area contributed by atoms with E-state index in [1.807, 2.05) is 0 Å². The normalized spacial score (nSPS) is 15.5. The number of rotatable bonds is 1. The van der Waals surface area contributed by atoms with E-state index < -0.39 is 6.29 Å². The van der Waals surface area contributed by atoms with Gasteiger partial charge in [-0.1, -0.05) is 11.6 Å². The van der Waals surface area contributed by atoms with E-state index in [0.29, 0.717) is 11.3 Å². The SMILES string of the molecule is Nc1cnc(-c2cc3c(cc2Cl)OC(F)(F)O3)cn1. The molecule has 0 radical (unpaired) electrons. The second kappa shape index (κ2) is 3.92. The molecule has 2 aromatic rings. The van der Waals surface area contributed by atoms with Crippen LogP contribution < -0.4 is 15.2 Å². The molecule has 0 saturated carbocycles. The van der Waals surface area contributed by atoms with Crippen molar-refractivity contribution in [3.63, 3.8) is 0 Å². The first kappa shape index (κ1) is 11.9. The zero-order valence-corrected chi connectivity index (χ0v) is 9.99. The first-order valence-corrected chi connectivity index (χ1v) is 5.50. The van der Waals surface area contributed by atoms with Gasteiger partial charge in [0.2, 0.25) is 0 Å². The predicted octanol–water partition coefficient (Wildman–Crippen LogP) is 2.70. The van der Waals surface area contributed by atoms with Crippen LogP contribution >= 0.6 is 11.6 Å². The number of alkyl halides is 2. The number of aromatic nitrogens is 2. The molecule has 0 saturated heterocycles. The fourth-order valence-electron chi connectivity index (χ4n) is 1.64. The molecule has 1 aliphatic heterocycles. The Bertz CT molecular complexity index is 649. The van der Waals surface area contributed by atoms with Crippen LogP contribution in [0.25, 0.3) is 11.3 Å². The first-order valence-electron chi connectivity index (χ1n) is 5.12. The van der Waals surface area contributed by atoms with Crippen LogP contribution in [0.5, 0.6) is 11.5 Å². The van der Waals surface area contributed by atoms with Gasteiger partial charge in [-0.15, -0.1) is 8.78 Å². The molecule has 0 spiro atoms. The molecule has 3 rings (SSSR count). The van der Waals surface area contributed by atoms with Gasteiger partial charge < -0.3 is 15.2 Å². The van der Waals surface area contributed by atoms with Crippen molar-refractivity contribution in [3.8, 4) is 22.8 Å². The highest BCUT2D eigenvalue weighted by molar-refractivity contribution is 6.33. The summed E-state index contributed by atoms with van der Waals surface area (Å²) >= 11 is 6.00. The van der Waals surface area contributed by atoms with Crippen molar-refractivity contribution in [2.75, 3.05) is 5.73 Å². The Morgan fingerprint density at radius 1 is 1.11 bits per heavy atom. The number of hydrogen-bond donors (Lipinski definition) is 1. The van der Waals surface area contributed by atoms with Crippen molar-refractivity contribution in [2.45, 2.75) is 6.29 Å². The van der Waals surface area contributed by atoms with Crippen LogP contribution in [0.2, 0.25) is 5.02 Å². The number of anilines is 1. The van der Waals surface area contributed by atoms with Gasteiger partial charge in [-0.2, -0.15) is 0 Å². The summed E-state index contributed by atoms with van der Waals surface area (Å²) in [4.78, 5) is 7.87. The molecule has 98 valence electrons. The number of benzene rings is 1. The van der Waals surface area contributed by atoms with Crippen LogP contribution in [-0.2, 0) is 0 Å². The summed E-state index contributed by atoms with van der Waals surface area (Å²) in [5, 5.41) is 0.194. The van der Waals surface area contributed by atoms with Crippen molar-refractivity contribution in [1.82, 2.24) is 9.97 Å². The molecule has 2 N–H and O–H groups in total. The maximum absolute atomic E-state index is 12.9. The first-order chi connectivity index (χ1) is 8.94. The molecule has 0 fully saturated rings. The standard InChI is InChI=1S/C11H6ClF2N3O2/c12-6-2-9-8(18-11(13,14)19-9)1-5(6)7-3-17-10(15)4-16-7/h1-4H,(H2,15,17). The average Bonchev–Trinajstić information content (AvgIpc) is 2.62. The van der Waals surface area contributed by atoms with Crippen molar-refractivity contribution in [1.29, 1.82) is 0 Å². The van der Waals surface area contributed by atoms with Gasteiger partial charge in [0.1, 0.15) is 5.82 Å². The minimum Gasteiger partial charge on any atom is -0.395 e. The number of halogens is 3. The smallest absolute Gasteiger partial charge is 0.395 e. The minimum absolute atomic E-state index is 0.108. The fraction of sp³-hybridized carbons (Fsp3) is 0.0909. The predicted molar refractivity (Wildman–Crippen MR) is 63.1 cm³/mol. The lowest BCUT2D eigenvalue weighted by atomic mass is 10.1. The molecule has 0 bridgehead atoms. The third-order valence-electron chi connectivity index (χ3n) is 2.44. The molecule has 1 aromatic heterocycles. The maximum atomic E-state index is 12.9. The van der Waals surface area contributed by atoms with E-state index >= 15 is 0 Å². The number of hydrogen-bond acceptors (Lipinski definition) is 5. The highest BCUT2D eigenvalue weighted by Crippen LogP contribution is 2.45. The van der Waals surface area contributed by atoms with Crippen molar-refractivity contribution >= 4 is 17.4 Å². The zero-order valence-electron chi connectivity index (χ0n) is 9.23. The summed E-state index contributed by atoms with van der Waals surface area (Å²) in [7, 11) is 0. The van der Waals surface area contributed by atoms with E-state index in [9.17, 15) is 8.78 Å². The van der Waals surface area contributed by atoms with Gasteiger partial charge in [0.15, 0.2) is 11.5 Å². The van der Waals surface area contributed by atoms with E-state index in [1.165, 1.54) is 24.5 Å². The molecule has 2 heterocycles. The zero-order chi connectivity index (χ0) is 13.6. The second-order valence-corrected chi connectivity index (χ2v) is 4.18. The molecule has 0 unspecified atom stereocenters. The Morgan fingerprint density at radius 2 is 1.79 bits per heavy atom. The van der Waals surface area contributed by atoms with Gasteiger partial charge >= 0.3 is 6.29 Å². The summed E-state index contributed by atoms with van der Waals surface area (Å²) in [6, 6.07) is 2.56. The lowest BCUT2D eigenvalue weighted by Gasteiger charge is -2.05. The lowest BCUT2D eigenvalue weighted by Crippen LogP contribution is -2.25. The maximum Gasteiger partial charge on any atom is 0.586 e. The average molecular weight is 286 g/mol. The largest absolute Gasteiger partial charge is 0.586 e. The number of fused-ring (bicyclic) bond motifs is 1. The van der Waals surface area contributed by atoms with Crippen LogP contribution in [0, 0.1) is 0 Å². The highest BCUT2D eigenvalue weighted by atomic mass is 35.5. The number of nitrogens with zero attached hydrogens (tertiary/aromatic N) is 2. The third-order valence-corrected chi connectivity index (χ3v) is 2.75. The highest BCUT2D eigenvalue weighted by Gasteiger charge is 2.43. The molecule has 1 aromatic carbocycles. The Balaban J connectivity index is 2.07. The molecular formula is C11H6ClF2N3O2. The van der Waals surface area contributed by atoms with Gasteiger partial charge in [0, 0.05) is 11.6 Å². The van der Waals surface area contributed by atoms with Crippen LogP contribution in [-0.4, -0.2) is 16.3 Å². The summed E-state index contributed by atoms with van der Waals surface area (Å²) in [5.74, 6) is 0.0114. The van der Waals surface area contributed by atoms with Gasteiger partial charge in [-0.3, -0.25) is 4.98 Å². The molecule has 19 heavy (non-hydrogen) atoms. The van der Waals surface area contributed by atoms with Crippen LogP contribution in [0.4, 0.5) is 14.6 Å². The molecule has 0 amide bonds. The second-order valence-electron chi connectivity index (χ2n) is 3.77. The number of nitrogens with two attached hydrogens (primary N) is 1. The Morgan fingerprint density at radius 3 is 2.42 bits per heavy atom. The molecule has 1 aliphatic rings. The van der Waals surface area contributed by atoms with Gasteiger partial charge in [-0.05, 0) is 6.07 Å². The van der Waals surface area contributed by atoms with Crippen LogP contribution in [0.1, 0.15) is 0 Å². The molecule has 8 heteroatoms. The summed E-state index contributed by atoms with van der Waals surface area (Å²) in [5.41, 5.74) is 6.21. The molecule has 5 nitrogen and oxygen atoms in total. The Labute approximate surface area is 110 Å². The quantitative estimate of drug-likeness (QED) is 0.872. The van der Waals surface area contributed by atoms with E-state index in [4.69, 9.17) is 17.3 Å². The van der Waals surface area contributed by atoms with Crippen molar-refractivity contribution in [2.24, 2.45) is 0 Å². The van der Waals surface area contributed by atoms with E-state index in [0.717, 1.165) is 0 Å². The number of nitrogen functional groups attached to an aromatic ring is 1. The lowest BCUT2D eigenvalue weighted by molar-refractivity contribution is -0.286. The summed E-state index contributed by atoms with van der Waals surface area (Å²) in [6.07, 6.45) is -0.960. The minimum atomic E-state index is -3.68. The monoisotopic (exact) mass is 285 g/mol. The summed E-state index contributed by atoms with van der Waals surface area (Å²) < 4.78 is 34.5. The third kappa shape index (κ3) is 2.12. The van der Waals surface area contributed by atoms with Crippen molar-refractivity contribution in [3.05, 3.63) is 29.5 Å². The van der Waals surface area contributed by atoms with E-state index in [1.54, 1.807) is 0 Å². The Kier molecular flexibility index (Phi) is 2.46. The number of ether oxygens (including phenoxy) is 2. The molecule has 0 aliphatic carbocycles. The fourth-order valence-corrected chi connectivity index (χ4v) is 1.90.